The van der Waals surface area contributed by atoms with Gasteiger partial charge in [0.25, 0.3) is 0 Å². The lowest BCUT2D eigenvalue weighted by Gasteiger charge is -2.11. The van der Waals surface area contributed by atoms with E-state index in [2.05, 4.69) is 22.1 Å². The van der Waals surface area contributed by atoms with E-state index in [0.717, 1.165) is 12.1 Å². The molecule has 0 radical (unpaired) electrons. The Morgan fingerprint density at radius 2 is 2.38 bits per heavy atom. The van der Waals surface area contributed by atoms with Crippen molar-refractivity contribution in [2.75, 3.05) is 7.05 Å². The highest BCUT2D eigenvalue weighted by atomic mass is 14.9. The second kappa shape index (κ2) is 5.34. The van der Waals surface area contributed by atoms with Gasteiger partial charge in [-0.25, -0.2) is 0 Å². The van der Waals surface area contributed by atoms with Crippen LogP contribution in [0.5, 0.6) is 0 Å². The van der Waals surface area contributed by atoms with Gasteiger partial charge in [0.15, 0.2) is 0 Å². The summed E-state index contributed by atoms with van der Waals surface area (Å²) >= 11 is 0. The first-order valence-corrected chi connectivity index (χ1v) is 4.36. The molecule has 1 atom stereocenters. The van der Waals surface area contributed by atoms with Gasteiger partial charge in [0.05, 0.1) is 11.7 Å². The van der Waals surface area contributed by atoms with Crippen LogP contribution in [0.3, 0.4) is 0 Å². The zero-order valence-electron chi connectivity index (χ0n) is 8.04. The zero-order valence-corrected chi connectivity index (χ0v) is 8.04. The molecule has 0 aliphatic heterocycles. The van der Waals surface area contributed by atoms with Gasteiger partial charge in [-0.3, -0.25) is 4.98 Å². The number of hydrogen-bond acceptors (Lipinski definition) is 2. The molecule has 0 aliphatic rings. The number of nitrogens with zero attached hydrogens (tertiary/aromatic N) is 1. The van der Waals surface area contributed by atoms with Crippen molar-refractivity contribution in [1.82, 2.24) is 10.3 Å². The highest BCUT2D eigenvalue weighted by Crippen LogP contribution is 2.11. The Morgan fingerprint density at radius 1 is 1.54 bits per heavy atom. The van der Waals surface area contributed by atoms with Crippen LogP contribution in [0, 0.1) is 11.8 Å². The first-order chi connectivity index (χ1) is 6.38. The van der Waals surface area contributed by atoms with Crippen LogP contribution in [0.4, 0.5) is 0 Å². The fourth-order valence-electron chi connectivity index (χ4n) is 1.14. The number of aromatic nitrogens is 1. The third kappa shape index (κ3) is 2.89. The van der Waals surface area contributed by atoms with Crippen LogP contribution < -0.4 is 5.32 Å². The van der Waals surface area contributed by atoms with Gasteiger partial charge < -0.3 is 5.32 Å². The van der Waals surface area contributed by atoms with Crippen molar-refractivity contribution in [1.29, 1.82) is 0 Å². The largest absolute Gasteiger partial charge is 0.311 e. The molecule has 0 spiro atoms. The molecule has 0 bridgehead atoms. The van der Waals surface area contributed by atoms with Gasteiger partial charge in [-0.2, -0.15) is 0 Å². The lowest BCUT2D eigenvalue weighted by Crippen LogP contribution is -2.16. The fourth-order valence-corrected chi connectivity index (χ4v) is 1.14. The standard InChI is InChI=1S/C11H14N2/c1-3-4-7-10(12-2)11-8-5-6-9-13-11/h5-6,8-10,12H,7H2,1-2H3. The summed E-state index contributed by atoms with van der Waals surface area (Å²) in [6.45, 7) is 1.85. The van der Waals surface area contributed by atoms with Gasteiger partial charge in [0.1, 0.15) is 0 Å². The molecule has 1 unspecified atom stereocenters. The van der Waals surface area contributed by atoms with E-state index in [1.165, 1.54) is 0 Å². The first-order valence-electron chi connectivity index (χ1n) is 4.36. The average Bonchev–Trinajstić information content (AvgIpc) is 2.21. The van der Waals surface area contributed by atoms with Crippen molar-refractivity contribution in [3.63, 3.8) is 0 Å². The van der Waals surface area contributed by atoms with Crippen LogP contribution in [0.1, 0.15) is 25.1 Å². The fraction of sp³-hybridized carbons (Fsp3) is 0.364. The molecule has 2 nitrogen and oxygen atoms in total. The predicted molar refractivity (Wildman–Crippen MR) is 54.1 cm³/mol. The van der Waals surface area contributed by atoms with Crippen LogP contribution in [-0.4, -0.2) is 12.0 Å². The lowest BCUT2D eigenvalue weighted by molar-refractivity contribution is 0.594. The molecule has 1 aromatic heterocycles. The monoisotopic (exact) mass is 174 g/mol. The molecule has 0 fully saturated rings. The molecule has 1 N–H and O–H groups in total. The molecule has 1 rings (SSSR count). The second-order valence-electron chi connectivity index (χ2n) is 2.73. The van der Waals surface area contributed by atoms with E-state index < -0.39 is 0 Å². The highest BCUT2D eigenvalue weighted by molar-refractivity contribution is 5.12. The molecular weight excluding hydrogens is 160 g/mol. The Morgan fingerprint density at radius 3 is 2.92 bits per heavy atom. The maximum atomic E-state index is 4.27. The summed E-state index contributed by atoms with van der Waals surface area (Å²) < 4.78 is 0. The Balaban J connectivity index is 2.70. The normalized spacial score (nSPS) is 11.5. The summed E-state index contributed by atoms with van der Waals surface area (Å²) in [6, 6.07) is 6.17. The molecule has 0 saturated carbocycles. The molecule has 0 aliphatic carbocycles. The van der Waals surface area contributed by atoms with E-state index in [1.807, 2.05) is 32.2 Å². The van der Waals surface area contributed by atoms with E-state index in [9.17, 15) is 0 Å². The van der Waals surface area contributed by atoms with Crippen molar-refractivity contribution in [2.24, 2.45) is 0 Å². The first kappa shape index (κ1) is 9.76. The summed E-state index contributed by atoms with van der Waals surface area (Å²) in [5, 5.41) is 3.19. The second-order valence-corrected chi connectivity index (χ2v) is 2.73. The van der Waals surface area contributed by atoms with E-state index >= 15 is 0 Å². The number of rotatable bonds is 3. The molecule has 2 heteroatoms. The number of pyridine rings is 1. The van der Waals surface area contributed by atoms with Crippen LogP contribution in [-0.2, 0) is 0 Å². The third-order valence-electron chi connectivity index (χ3n) is 1.88. The molecule has 68 valence electrons. The van der Waals surface area contributed by atoms with E-state index in [0.29, 0.717) is 0 Å². The van der Waals surface area contributed by atoms with Crippen molar-refractivity contribution in [2.45, 2.75) is 19.4 Å². The van der Waals surface area contributed by atoms with E-state index in [1.54, 1.807) is 6.20 Å². The highest BCUT2D eigenvalue weighted by Gasteiger charge is 2.06. The lowest BCUT2D eigenvalue weighted by atomic mass is 10.1. The van der Waals surface area contributed by atoms with Crippen LogP contribution in [0.2, 0.25) is 0 Å². The SMILES string of the molecule is CC#CCC(NC)c1ccccn1. The average molecular weight is 174 g/mol. The summed E-state index contributed by atoms with van der Waals surface area (Å²) in [5.41, 5.74) is 1.05. The summed E-state index contributed by atoms with van der Waals surface area (Å²) in [7, 11) is 1.93. The van der Waals surface area contributed by atoms with E-state index in [-0.39, 0.29) is 6.04 Å². The Labute approximate surface area is 79.4 Å². The van der Waals surface area contributed by atoms with Gasteiger partial charge in [0.2, 0.25) is 0 Å². The summed E-state index contributed by atoms with van der Waals surface area (Å²) in [5.74, 6) is 5.93. The predicted octanol–water partition coefficient (Wildman–Crippen LogP) is 1.76. The maximum absolute atomic E-state index is 4.27. The molecule has 13 heavy (non-hydrogen) atoms. The molecule has 1 aromatic rings. The van der Waals surface area contributed by atoms with Crippen LogP contribution >= 0.6 is 0 Å². The number of hydrogen-bond donors (Lipinski definition) is 1. The Hall–Kier alpha value is -1.33. The zero-order chi connectivity index (χ0) is 9.52. The van der Waals surface area contributed by atoms with Crippen molar-refractivity contribution in [3.05, 3.63) is 30.1 Å². The minimum Gasteiger partial charge on any atom is -0.311 e. The molecular formula is C11H14N2. The number of nitrogens with one attached hydrogen (secondary N) is 1. The van der Waals surface area contributed by atoms with Gasteiger partial charge in [-0.1, -0.05) is 6.07 Å². The molecule has 0 saturated heterocycles. The molecule has 0 amide bonds. The van der Waals surface area contributed by atoms with Crippen molar-refractivity contribution in [3.8, 4) is 11.8 Å². The quantitative estimate of drug-likeness (QED) is 0.706. The van der Waals surface area contributed by atoms with Gasteiger partial charge >= 0.3 is 0 Å². The van der Waals surface area contributed by atoms with Crippen molar-refractivity contribution < 1.29 is 0 Å². The maximum Gasteiger partial charge on any atom is 0.0603 e. The van der Waals surface area contributed by atoms with Gasteiger partial charge in [-0.15, -0.1) is 11.8 Å². The van der Waals surface area contributed by atoms with Gasteiger partial charge in [0, 0.05) is 12.6 Å². The summed E-state index contributed by atoms with van der Waals surface area (Å²) in [6.07, 6.45) is 2.61. The molecule has 0 aromatic carbocycles. The van der Waals surface area contributed by atoms with E-state index in [4.69, 9.17) is 0 Å². The van der Waals surface area contributed by atoms with Crippen molar-refractivity contribution >= 4 is 0 Å². The third-order valence-corrected chi connectivity index (χ3v) is 1.88. The minimum absolute atomic E-state index is 0.244. The topological polar surface area (TPSA) is 24.9 Å². The van der Waals surface area contributed by atoms with Crippen LogP contribution in [0.25, 0.3) is 0 Å². The smallest absolute Gasteiger partial charge is 0.0603 e. The minimum atomic E-state index is 0.244. The Kier molecular flexibility index (Phi) is 4.01. The summed E-state index contributed by atoms with van der Waals surface area (Å²) in [4.78, 5) is 4.27. The van der Waals surface area contributed by atoms with Gasteiger partial charge in [-0.05, 0) is 26.1 Å². The molecule has 1 heterocycles. The van der Waals surface area contributed by atoms with Crippen LogP contribution in [0.15, 0.2) is 24.4 Å². The Bertz CT molecular complexity index is 295.